The molecule has 2 aliphatic heterocycles. The predicted octanol–water partition coefficient (Wildman–Crippen LogP) is 2.47. The van der Waals surface area contributed by atoms with Gasteiger partial charge in [-0.15, -0.1) is 0 Å². The Kier molecular flexibility index (Phi) is 6.88. The highest BCUT2D eigenvalue weighted by Gasteiger charge is 2.37. The summed E-state index contributed by atoms with van der Waals surface area (Å²) in [5, 5.41) is 8.33. The van der Waals surface area contributed by atoms with Crippen molar-refractivity contribution < 1.29 is 33.8 Å². The number of methoxy groups -OCH3 is 1. The highest BCUT2D eigenvalue weighted by atomic mass is 35.5. The van der Waals surface area contributed by atoms with Gasteiger partial charge in [-0.25, -0.2) is 4.79 Å². The van der Waals surface area contributed by atoms with Gasteiger partial charge in [0.15, 0.2) is 18.1 Å². The molecule has 2 saturated heterocycles. The predicted molar refractivity (Wildman–Crippen MR) is 110 cm³/mol. The van der Waals surface area contributed by atoms with Gasteiger partial charge in [-0.2, -0.15) is 0 Å². The van der Waals surface area contributed by atoms with Crippen molar-refractivity contribution in [2.75, 3.05) is 33.4 Å². The normalized spacial score (nSPS) is 17.7. The first-order valence-corrected chi connectivity index (χ1v) is 10.2. The van der Waals surface area contributed by atoms with Crippen LogP contribution in [-0.4, -0.2) is 71.3 Å². The van der Waals surface area contributed by atoms with E-state index in [1.165, 1.54) is 25.3 Å². The van der Waals surface area contributed by atoms with E-state index < -0.39 is 23.7 Å². The maximum absolute atomic E-state index is 12.6. The average Bonchev–Trinajstić information content (AvgIpc) is 3.31. The smallest absolute Gasteiger partial charge is 0.341 e. The molecular weight excluding hydrogens is 436 g/mol. The fourth-order valence-electron chi connectivity index (χ4n) is 3.09. The first-order valence-electron chi connectivity index (χ1n) is 9.05. The molecule has 160 valence electrons. The van der Waals surface area contributed by atoms with Gasteiger partial charge in [0.1, 0.15) is 6.54 Å². The number of imide groups is 1. The fourth-order valence-corrected chi connectivity index (χ4v) is 4.20. The zero-order chi connectivity index (χ0) is 21.8. The summed E-state index contributed by atoms with van der Waals surface area (Å²) in [5.74, 6) is -1.74. The lowest BCUT2D eigenvalue weighted by atomic mass is 10.1. The zero-order valence-electron chi connectivity index (χ0n) is 16.1. The number of carboxylic acids is 1. The van der Waals surface area contributed by atoms with E-state index in [9.17, 15) is 19.2 Å². The van der Waals surface area contributed by atoms with Gasteiger partial charge in [0, 0.05) is 13.1 Å². The first-order chi connectivity index (χ1) is 14.3. The number of hydrogen-bond acceptors (Lipinski definition) is 7. The Morgan fingerprint density at radius 1 is 1.27 bits per heavy atom. The summed E-state index contributed by atoms with van der Waals surface area (Å²) >= 11 is 6.90. The van der Waals surface area contributed by atoms with Gasteiger partial charge in [0.25, 0.3) is 11.1 Å². The maximum atomic E-state index is 12.6. The van der Waals surface area contributed by atoms with Crippen LogP contribution in [-0.2, 0) is 14.4 Å². The van der Waals surface area contributed by atoms with Crippen LogP contribution in [0, 0.1) is 0 Å². The van der Waals surface area contributed by atoms with Crippen molar-refractivity contribution in [3.05, 3.63) is 27.6 Å². The summed E-state index contributed by atoms with van der Waals surface area (Å²) in [7, 11) is 1.36. The second-order valence-electron chi connectivity index (χ2n) is 6.57. The Bertz CT molecular complexity index is 928. The molecule has 0 atom stereocenters. The fraction of sp³-hybridized carbons (Fsp3) is 0.368. The lowest BCUT2D eigenvalue weighted by molar-refractivity contribution is -0.139. The number of thioether (sulfide) groups is 1. The number of benzene rings is 1. The number of carbonyl (C=O) groups is 4. The molecule has 2 fully saturated rings. The van der Waals surface area contributed by atoms with Crippen LogP contribution in [0.4, 0.5) is 4.79 Å². The average molecular weight is 455 g/mol. The molecule has 3 amide bonds. The molecule has 9 nitrogen and oxygen atoms in total. The van der Waals surface area contributed by atoms with Gasteiger partial charge >= 0.3 is 5.97 Å². The molecule has 0 spiro atoms. The van der Waals surface area contributed by atoms with Gasteiger partial charge in [-0.1, -0.05) is 11.6 Å². The number of aliphatic carboxylic acids is 1. The molecule has 30 heavy (non-hydrogen) atoms. The minimum absolute atomic E-state index is 0.0584. The third kappa shape index (κ3) is 4.88. The molecule has 0 radical (unpaired) electrons. The molecule has 1 aromatic carbocycles. The quantitative estimate of drug-likeness (QED) is 0.625. The second-order valence-corrected chi connectivity index (χ2v) is 7.97. The van der Waals surface area contributed by atoms with Crippen molar-refractivity contribution in [2.45, 2.75) is 12.8 Å². The molecule has 1 aromatic rings. The Hall–Kier alpha value is -2.72. The number of likely N-dealkylation sites (tertiary alicyclic amines) is 1. The molecule has 0 aliphatic carbocycles. The molecular formula is C19H19ClN2O7S. The van der Waals surface area contributed by atoms with Crippen LogP contribution in [0.1, 0.15) is 18.4 Å². The third-order valence-electron chi connectivity index (χ3n) is 4.52. The largest absolute Gasteiger partial charge is 0.493 e. The summed E-state index contributed by atoms with van der Waals surface area (Å²) in [4.78, 5) is 50.6. The highest BCUT2D eigenvalue weighted by Crippen LogP contribution is 2.39. The van der Waals surface area contributed by atoms with E-state index in [2.05, 4.69) is 0 Å². The summed E-state index contributed by atoms with van der Waals surface area (Å²) in [6.07, 6.45) is 3.30. The van der Waals surface area contributed by atoms with Gasteiger partial charge in [0.05, 0.1) is 17.0 Å². The molecule has 2 heterocycles. The topological polar surface area (TPSA) is 113 Å². The summed E-state index contributed by atoms with van der Waals surface area (Å²) in [6.45, 7) is 0.395. The SMILES string of the molecule is COc1cc(/C=C2/SC(=O)N(CC(=O)N3CCCC3)C2=O)cc(Cl)c1OCC(=O)O. The molecule has 1 N–H and O–H groups in total. The molecule has 3 rings (SSSR count). The van der Waals surface area contributed by atoms with E-state index in [1.807, 2.05) is 0 Å². The lowest BCUT2D eigenvalue weighted by Gasteiger charge is -2.18. The third-order valence-corrected chi connectivity index (χ3v) is 5.70. The van der Waals surface area contributed by atoms with Crippen LogP contribution in [0.3, 0.4) is 0 Å². The molecule has 0 saturated carbocycles. The number of carbonyl (C=O) groups excluding carboxylic acids is 3. The van der Waals surface area contributed by atoms with E-state index in [0.29, 0.717) is 18.7 Å². The molecule has 11 heteroatoms. The van der Waals surface area contributed by atoms with Crippen molar-refractivity contribution in [3.8, 4) is 11.5 Å². The van der Waals surface area contributed by atoms with Gasteiger partial charge in [-0.3, -0.25) is 19.3 Å². The van der Waals surface area contributed by atoms with Gasteiger partial charge < -0.3 is 19.5 Å². The maximum Gasteiger partial charge on any atom is 0.341 e. The summed E-state index contributed by atoms with van der Waals surface area (Å²) in [5.41, 5.74) is 0.455. The van der Waals surface area contributed by atoms with Crippen LogP contribution in [0.5, 0.6) is 11.5 Å². The van der Waals surface area contributed by atoms with Gasteiger partial charge in [0.2, 0.25) is 5.91 Å². The van der Waals surface area contributed by atoms with E-state index >= 15 is 0 Å². The van der Waals surface area contributed by atoms with Crippen LogP contribution in [0.2, 0.25) is 5.02 Å². The number of nitrogens with zero attached hydrogens (tertiary/aromatic N) is 2. The van der Waals surface area contributed by atoms with Crippen molar-refractivity contribution in [2.24, 2.45) is 0 Å². The Morgan fingerprint density at radius 2 is 1.97 bits per heavy atom. The number of ether oxygens (including phenoxy) is 2. The second kappa shape index (κ2) is 9.40. The molecule has 0 bridgehead atoms. The van der Waals surface area contributed by atoms with Crippen LogP contribution in [0.25, 0.3) is 6.08 Å². The van der Waals surface area contributed by atoms with Crippen molar-refractivity contribution in [1.29, 1.82) is 0 Å². The number of hydrogen-bond donors (Lipinski definition) is 1. The monoisotopic (exact) mass is 454 g/mol. The van der Waals surface area contributed by atoms with Crippen LogP contribution in [0.15, 0.2) is 17.0 Å². The number of amides is 3. The van der Waals surface area contributed by atoms with Crippen molar-refractivity contribution in [3.63, 3.8) is 0 Å². The summed E-state index contributed by atoms with van der Waals surface area (Å²) < 4.78 is 10.3. The van der Waals surface area contributed by atoms with Gasteiger partial charge in [-0.05, 0) is 48.4 Å². The number of rotatable bonds is 7. The highest BCUT2D eigenvalue weighted by molar-refractivity contribution is 8.18. The standard InChI is InChI=1S/C19H19ClN2O7S/c1-28-13-7-11(6-12(20)17(13)29-10-16(24)25)8-14-18(26)22(19(27)30-14)9-15(23)21-4-2-3-5-21/h6-8H,2-5,9-10H2,1H3,(H,24,25)/b14-8+. The minimum atomic E-state index is -1.17. The first kappa shape index (κ1) is 22.0. The number of carboxylic acid groups (broad SMARTS) is 1. The Balaban J connectivity index is 1.78. The van der Waals surface area contributed by atoms with Crippen molar-refractivity contribution >= 4 is 52.5 Å². The van der Waals surface area contributed by atoms with Crippen LogP contribution >= 0.6 is 23.4 Å². The van der Waals surface area contributed by atoms with E-state index in [0.717, 1.165) is 29.5 Å². The van der Waals surface area contributed by atoms with Crippen LogP contribution < -0.4 is 9.47 Å². The number of halogens is 1. The van der Waals surface area contributed by atoms with E-state index in [-0.39, 0.29) is 33.9 Å². The van der Waals surface area contributed by atoms with Crippen molar-refractivity contribution in [1.82, 2.24) is 9.80 Å². The van der Waals surface area contributed by atoms with E-state index in [1.54, 1.807) is 4.90 Å². The minimum Gasteiger partial charge on any atom is -0.493 e. The Morgan fingerprint density at radius 3 is 2.60 bits per heavy atom. The zero-order valence-corrected chi connectivity index (χ0v) is 17.6. The molecule has 0 aromatic heterocycles. The Labute approximate surface area is 181 Å². The lowest BCUT2D eigenvalue weighted by Crippen LogP contribution is -2.40. The van der Waals surface area contributed by atoms with E-state index in [4.69, 9.17) is 26.2 Å². The molecule has 2 aliphatic rings. The molecule has 0 unspecified atom stereocenters. The summed E-state index contributed by atoms with van der Waals surface area (Å²) in [6, 6.07) is 2.97.